The van der Waals surface area contributed by atoms with E-state index in [1.165, 1.54) is 0 Å². The lowest BCUT2D eigenvalue weighted by Crippen LogP contribution is -2.27. The van der Waals surface area contributed by atoms with Crippen LogP contribution in [0.5, 0.6) is 0 Å². The van der Waals surface area contributed by atoms with E-state index in [1.807, 2.05) is 18.2 Å². The molecule has 1 heterocycles. The Morgan fingerprint density at radius 3 is 2.76 bits per heavy atom. The zero-order chi connectivity index (χ0) is 15.5. The molecule has 2 aromatic rings. The van der Waals surface area contributed by atoms with Crippen molar-refractivity contribution in [3.05, 3.63) is 23.8 Å². The first-order valence-corrected chi connectivity index (χ1v) is 8.75. The van der Waals surface area contributed by atoms with Gasteiger partial charge in [-0.1, -0.05) is 6.07 Å². The summed E-state index contributed by atoms with van der Waals surface area (Å²) in [7, 11) is -1.82. The van der Waals surface area contributed by atoms with Crippen LogP contribution >= 0.6 is 11.7 Å². The van der Waals surface area contributed by atoms with Crippen molar-refractivity contribution in [2.45, 2.75) is 19.4 Å². The summed E-state index contributed by atoms with van der Waals surface area (Å²) in [5.41, 5.74) is 2.61. The zero-order valence-corrected chi connectivity index (χ0v) is 13.2. The van der Waals surface area contributed by atoms with Crippen LogP contribution < -0.4 is 5.14 Å². The molecule has 0 aliphatic heterocycles. The number of hydrogen-bond acceptors (Lipinski definition) is 6. The van der Waals surface area contributed by atoms with Gasteiger partial charge in [-0.15, -0.1) is 0 Å². The number of sulfonamides is 1. The third-order valence-electron chi connectivity index (χ3n) is 2.98. The summed E-state index contributed by atoms with van der Waals surface area (Å²) in [6.07, 6.45) is 0.393. The fourth-order valence-electron chi connectivity index (χ4n) is 1.90. The molecular weight excluding hydrogens is 312 g/mol. The molecule has 0 fully saturated rings. The van der Waals surface area contributed by atoms with E-state index in [2.05, 4.69) is 8.75 Å². The third kappa shape index (κ3) is 4.73. The molecule has 1 aromatic carbocycles. The van der Waals surface area contributed by atoms with Crippen LogP contribution in [0.3, 0.4) is 0 Å². The van der Waals surface area contributed by atoms with E-state index >= 15 is 0 Å². The van der Waals surface area contributed by atoms with E-state index in [9.17, 15) is 13.2 Å². The summed E-state index contributed by atoms with van der Waals surface area (Å²) in [6.45, 7) is 0.446. The Hall–Kier alpha value is -1.58. The highest BCUT2D eigenvalue weighted by Gasteiger charge is 2.12. The van der Waals surface area contributed by atoms with Crippen molar-refractivity contribution in [1.29, 1.82) is 0 Å². The highest BCUT2D eigenvalue weighted by atomic mass is 32.2. The lowest BCUT2D eigenvalue weighted by Gasteiger charge is -2.17. The molecule has 114 valence electrons. The Morgan fingerprint density at radius 1 is 1.33 bits per heavy atom. The smallest absolute Gasteiger partial charge is 0.222 e. The Balaban J connectivity index is 1.90. The molecule has 2 rings (SSSR count). The summed E-state index contributed by atoms with van der Waals surface area (Å²) in [4.78, 5) is 13.5. The summed E-state index contributed by atoms with van der Waals surface area (Å²) >= 11 is 1.15. The van der Waals surface area contributed by atoms with Crippen molar-refractivity contribution in [2.75, 3.05) is 12.8 Å². The molecule has 0 bridgehead atoms. The third-order valence-corrected chi connectivity index (χ3v) is 4.40. The van der Waals surface area contributed by atoms with Gasteiger partial charge in [-0.05, 0) is 24.1 Å². The first-order valence-electron chi connectivity index (χ1n) is 6.31. The Labute approximate surface area is 127 Å². The van der Waals surface area contributed by atoms with Crippen LogP contribution in [0.2, 0.25) is 0 Å². The van der Waals surface area contributed by atoms with Gasteiger partial charge < -0.3 is 4.90 Å². The molecule has 0 unspecified atom stereocenters. The fraction of sp³-hybridized carbons (Fsp3) is 0.417. The predicted octanol–water partition coefficient (Wildman–Crippen LogP) is 0.718. The quantitative estimate of drug-likeness (QED) is 0.841. The number of nitrogens with zero attached hydrogens (tertiary/aromatic N) is 3. The van der Waals surface area contributed by atoms with Crippen LogP contribution in [0, 0.1) is 0 Å². The highest BCUT2D eigenvalue weighted by molar-refractivity contribution is 7.89. The summed E-state index contributed by atoms with van der Waals surface area (Å²) in [5, 5.41) is 4.90. The minimum atomic E-state index is -3.51. The van der Waals surface area contributed by atoms with Crippen LogP contribution in [0.25, 0.3) is 11.0 Å². The number of carbonyl (C=O) groups is 1. The van der Waals surface area contributed by atoms with Crippen molar-refractivity contribution >= 4 is 38.7 Å². The number of nitrogens with two attached hydrogens (primary N) is 1. The lowest BCUT2D eigenvalue weighted by atomic mass is 10.2. The van der Waals surface area contributed by atoms with E-state index in [1.54, 1.807) is 11.9 Å². The molecule has 0 atom stereocenters. The maximum Gasteiger partial charge on any atom is 0.222 e. The van der Waals surface area contributed by atoms with E-state index in [0.29, 0.717) is 6.54 Å². The number of aromatic nitrogens is 2. The second-order valence-corrected chi connectivity index (χ2v) is 7.07. The van der Waals surface area contributed by atoms with E-state index in [-0.39, 0.29) is 24.5 Å². The molecular formula is C12H16N4O3S2. The van der Waals surface area contributed by atoms with Crippen LogP contribution in [-0.4, -0.2) is 40.8 Å². The van der Waals surface area contributed by atoms with Crippen LogP contribution in [0.15, 0.2) is 18.2 Å². The molecule has 0 aliphatic rings. The first-order chi connectivity index (χ1) is 9.85. The minimum Gasteiger partial charge on any atom is -0.341 e. The maximum atomic E-state index is 11.9. The summed E-state index contributed by atoms with van der Waals surface area (Å²) in [5.74, 6) is -0.293. The molecule has 0 spiro atoms. The van der Waals surface area contributed by atoms with Crippen molar-refractivity contribution in [3.8, 4) is 0 Å². The molecule has 1 aromatic heterocycles. The van der Waals surface area contributed by atoms with Crippen LogP contribution in [0.4, 0.5) is 0 Å². The topological polar surface area (TPSA) is 106 Å². The first kappa shape index (κ1) is 15.8. The average Bonchev–Trinajstić information content (AvgIpc) is 2.84. The molecule has 0 saturated heterocycles. The van der Waals surface area contributed by atoms with E-state index < -0.39 is 10.0 Å². The number of benzene rings is 1. The molecule has 7 nitrogen and oxygen atoms in total. The molecule has 2 N–H and O–H groups in total. The van der Waals surface area contributed by atoms with Gasteiger partial charge in [0.1, 0.15) is 11.0 Å². The summed E-state index contributed by atoms with van der Waals surface area (Å²) < 4.78 is 29.9. The van der Waals surface area contributed by atoms with E-state index in [4.69, 9.17) is 5.14 Å². The molecule has 21 heavy (non-hydrogen) atoms. The minimum absolute atomic E-state index is 0.116. The van der Waals surface area contributed by atoms with Crippen molar-refractivity contribution in [2.24, 2.45) is 5.14 Å². The fourth-order valence-corrected chi connectivity index (χ4v) is 2.97. The number of carbonyl (C=O) groups excluding carboxylic acids is 1. The number of hydrogen-bond donors (Lipinski definition) is 1. The Morgan fingerprint density at radius 2 is 2.05 bits per heavy atom. The Bertz CT molecular complexity index is 742. The van der Waals surface area contributed by atoms with Gasteiger partial charge >= 0.3 is 0 Å². The zero-order valence-electron chi connectivity index (χ0n) is 11.5. The second-order valence-electron chi connectivity index (χ2n) is 4.81. The van der Waals surface area contributed by atoms with Gasteiger partial charge in [0.15, 0.2) is 0 Å². The normalized spacial score (nSPS) is 11.7. The largest absolute Gasteiger partial charge is 0.341 e. The van der Waals surface area contributed by atoms with Crippen LogP contribution in [-0.2, 0) is 21.4 Å². The van der Waals surface area contributed by atoms with Crippen molar-refractivity contribution in [1.82, 2.24) is 13.6 Å². The lowest BCUT2D eigenvalue weighted by molar-refractivity contribution is -0.130. The number of fused-ring (bicyclic) bond motifs is 1. The van der Waals surface area contributed by atoms with Crippen molar-refractivity contribution in [3.63, 3.8) is 0 Å². The van der Waals surface area contributed by atoms with Crippen molar-refractivity contribution < 1.29 is 13.2 Å². The van der Waals surface area contributed by atoms with Gasteiger partial charge in [-0.3, -0.25) is 4.79 Å². The van der Waals surface area contributed by atoms with E-state index in [0.717, 1.165) is 28.3 Å². The number of amides is 1. The van der Waals surface area contributed by atoms with Gasteiger partial charge in [0.25, 0.3) is 0 Å². The number of primary sulfonamides is 1. The summed E-state index contributed by atoms with van der Waals surface area (Å²) in [6, 6.07) is 5.66. The standard InChI is InChI=1S/C12H16N4O3S2/c1-16(12(17)3-2-6-21(13,18)19)8-9-4-5-10-11(7-9)15-20-14-10/h4-5,7H,2-3,6,8H2,1H3,(H2,13,18,19). The molecule has 0 saturated carbocycles. The molecule has 0 aliphatic carbocycles. The van der Waals surface area contributed by atoms with Crippen LogP contribution in [0.1, 0.15) is 18.4 Å². The van der Waals surface area contributed by atoms with Gasteiger partial charge in [0.05, 0.1) is 17.5 Å². The Kier molecular flexibility index (Phi) is 4.86. The average molecular weight is 328 g/mol. The maximum absolute atomic E-state index is 11.9. The second kappa shape index (κ2) is 6.46. The highest BCUT2D eigenvalue weighted by Crippen LogP contribution is 2.15. The van der Waals surface area contributed by atoms with Gasteiger partial charge in [-0.25, -0.2) is 13.6 Å². The number of rotatable bonds is 6. The molecule has 1 amide bonds. The van der Waals surface area contributed by atoms with Gasteiger partial charge in [-0.2, -0.15) is 8.75 Å². The molecule has 0 radical (unpaired) electrons. The SMILES string of the molecule is CN(Cc1ccc2nsnc2c1)C(=O)CCCS(N)(=O)=O. The molecule has 9 heteroatoms. The monoisotopic (exact) mass is 328 g/mol. The predicted molar refractivity (Wildman–Crippen MR) is 81.1 cm³/mol. The van der Waals surface area contributed by atoms with Gasteiger partial charge in [0, 0.05) is 20.0 Å². The van der Waals surface area contributed by atoms with Gasteiger partial charge in [0.2, 0.25) is 15.9 Å².